The van der Waals surface area contributed by atoms with E-state index in [2.05, 4.69) is 34.5 Å². The predicted octanol–water partition coefficient (Wildman–Crippen LogP) is 0.498. The fourth-order valence-electron chi connectivity index (χ4n) is 2.35. The Morgan fingerprint density at radius 3 is 3.00 bits per heavy atom. The SMILES string of the molecule is CCNCc1cn(CCN(C)C2CCOCC2)nn1. The van der Waals surface area contributed by atoms with E-state index in [0.717, 1.165) is 57.9 Å². The summed E-state index contributed by atoms with van der Waals surface area (Å²) in [4.78, 5) is 2.41. The summed E-state index contributed by atoms with van der Waals surface area (Å²) in [6.07, 6.45) is 4.31. The van der Waals surface area contributed by atoms with Gasteiger partial charge in [-0.2, -0.15) is 0 Å². The number of hydrogen-bond donors (Lipinski definition) is 1. The smallest absolute Gasteiger partial charge is 0.0964 e. The molecule has 1 aliphatic rings. The molecule has 6 nitrogen and oxygen atoms in total. The number of nitrogens with one attached hydrogen (secondary N) is 1. The topological polar surface area (TPSA) is 55.2 Å². The number of likely N-dealkylation sites (N-methyl/N-ethyl adjacent to an activating group) is 1. The van der Waals surface area contributed by atoms with Crippen molar-refractivity contribution >= 4 is 0 Å². The summed E-state index contributed by atoms with van der Waals surface area (Å²) in [5.74, 6) is 0. The van der Waals surface area contributed by atoms with E-state index in [4.69, 9.17) is 4.74 Å². The molecule has 0 bridgehead atoms. The number of rotatable bonds is 7. The maximum atomic E-state index is 5.39. The van der Waals surface area contributed by atoms with Crippen LogP contribution in [0.2, 0.25) is 0 Å². The van der Waals surface area contributed by atoms with Gasteiger partial charge < -0.3 is 15.0 Å². The minimum absolute atomic E-state index is 0.651. The van der Waals surface area contributed by atoms with Crippen molar-refractivity contribution in [2.45, 2.75) is 38.9 Å². The molecule has 6 heteroatoms. The summed E-state index contributed by atoms with van der Waals surface area (Å²) in [5, 5.41) is 11.6. The molecule has 108 valence electrons. The summed E-state index contributed by atoms with van der Waals surface area (Å²) in [7, 11) is 2.19. The molecule has 1 saturated heterocycles. The van der Waals surface area contributed by atoms with E-state index < -0.39 is 0 Å². The molecule has 0 unspecified atom stereocenters. The third kappa shape index (κ3) is 4.56. The van der Waals surface area contributed by atoms with Gasteiger partial charge in [0, 0.05) is 38.5 Å². The maximum Gasteiger partial charge on any atom is 0.0964 e. The molecule has 2 heterocycles. The van der Waals surface area contributed by atoms with E-state index in [1.165, 1.54) is 0 Å². The predicted molar refractivity (Wildman–Crippen MR) is 73.9 cm³/mol. The molecule has 1 aromatic heterocycles. The normalized spacial score (nSPS) is 17.2. The number of aromatic nitrogens is 3. The van der Waals surface area contributed by atoms with E-state index in [-0.39, 0.29) is 0 Å². The van der Waals surface area contributed by atoms with Gasteiger partial charge in [-0.15, -0.1) is 5.10 Å². The Hall–Kier alpha value is -0.980. The molecule has 2 rings (SSSR count). The second kappa shape index (κ2) is 7.57. The third-order valence-corrected chi connectivity index (χ3v) is 3.64. The van der Waals surface area contributed by atoms with Crippen molar-refractivity contribution in [2.24, 2.45) is 0 Å². The number of nitrogens with zero attached hydrogens (tertiary/aromatic N) is 4. The molecular formula is C13H25N5O. The summed E-state index contributed by atoms with van der Waals surface area (Å²) < 4.78 is 7.33. The highest BCUT2D eigenvalue weighted by Gasteiger charge is 2.18. The van der Waals surface area contributed by atoms with Crippen LogP contribution in [-0.2, 0) is 17.8 Å². The van der Waals surface area contributed by atoms with Crippen LogP contribution < -0.4 is 5.32 Å². The van der Waals surface area contributed by atoms with E-state index in [1.54, 1.807) is 0 Å². The fraction of sp³-hybridized carbons (Fsp3) is 0.846. The lowest BCUT2D eigenvalue weighted by atomic mass is 10.1. The maximum absolute atomic E-state index is 5.39. The number of ether oxygens (including phenoxy) is 1. The first-order valence-corrected chi connectivity index (χ1v) is 7.17. The molecular weight excluding hydrogens is 242 g/mol. The number of hydrogen-bond acceptors (Lipinski definition) is 5. The molecule has 0 amide bonds. The van der Waals surface area contributed by atoms with Crippen LogP contribution in [0.15, 0.2) is 6.20 Å². The Balaban J connectivity index is 1.73. The van der Waals surface area contributed by atoms with Crippen LogP contribution in [0.5, 0.6) is 0 Å². The van der Waals surface area contributed by atoms with Crippen molar-refractivity contribution in [1.29, 1.82) is 0 Å². The first-order valence-electron chi connectivity index (χ1n) is 7.17. The highest BCUT2D eigenvalue weighted by Crippen LogP contribution is 2.12. The minimum Gasteiger partial charge on any atom is -0.381 e. The Labute approximate surface area is 115 Å². The van der Waals surface area contributed by atoms with E-state index in [9.17, 15) is 0 Å². The molecule has 0 aliphatic carbocycles. The lowest BCUT2D eigenvalue weighted by molar-refractivity contribution is 0.0418. The van der Waals surface area contributed by atoms with Crippen LogP contribution >= 0.6 is 0 Å². The Morgan fingerprint density at radius 1 is 1.47 bits per heavy atom. The lowest BCUT2D eigenvalue weighted by Crippen LogP contribution is -2.38. The van der Waals surface area contributed by atoms with Crippen molar-refractivity contribution < 1.29 is 4.74 Å². The van der Waals surface area contributed by atoms with Crippen LogP contribution in [0.4, 0.5) is 0 Å². The average Bonchev–Trinajstić information content (AvgIpc) is 2.91. The Bertz CT molecular complexity index is 362. The summed E-state index contributed by atoms with van der Waals surface area (Å²) >= 11 is 0. The molecule has 0 atom stereocenters. The Morgan fingerprint density at radius 2 is 2.26 bits per heavy atom. The minimum atomic E-state index is 0.651. The summed E-state index contributed by atoms with van der Waals surface area (Å²) in [6.45, 7) is 7.54. The molecule has 1 N–H and O–H groups in total. The van der Waals surface area contributed by atoms with Gasteiger partial charge in [0.25, 0.3) is 0 Å². The first-order chi connectivity index (χ1) is 9.29. The standard InChI is InChI=1S/C13H25N5O/c1-3-14-10-12-11-18(16-15-12)7-6-17(2)13-4-8-19-9-5-13/h11,13-14H,3-10H2,1-2H3. The zero-order valence-electron chi connectivity index (χ0n) is 12.0. The molecule has 19 heavy (non-hydrogen) atoms. The van der Waals surface area contributed by atoms with E-state index in [1.807, 2.05) is 10.9 Å². The van der Waals surface area contributed by atoms with Gasteiger partial charge in [-0.3, -0.25) is 4.68 Å². The quantitative estimate of drug-likeness (QED) is 0.779. The van der Waals surface area contributed by atoms with Crippen molar-refractivity contribution in [3.8, 4) is 0 Å². The first kappa shape index (κ1) is 14.4. The van der Waals surface area contributed by atoms with Crippen molar-refractivity contribution in [3.05, 3.63) is 11.9 Å². The van der Waals surface area contributed by atoms with Crippen LogP contribution in [0, 0.1) is 0 Å². The zero-order valence-corrected chi connectivity index (χ0v) is 12.0. The van der Waals surface area contributed by atoms with Crippen molar-refractivity contribution in [1.82, 2.24) is 25.2 Å². The fourth-order valence-corrected chi connectivity index (χ4v) is 2.35. The molecule has 1 fully saturated rings. The van der Waals surface area contributed by atoms with Gasteiger partial charge in [-0.25, -0.2) is 0 Å². The highest BCUT2D eigenvalue weighted by atomic mass is 16.5. The monoisotopic (exact) mass is 267 g/mol. The van der Waals surface area contributed by atoms with Gasteiger partial charge >= 0.3 is 0 Å². The average molecular weight is 267 g/mol. The molecule has 0 spiro atoms. The summed E-state index contributed by atoms with van der Waals surface area (Å²) in [6, 6.07) is 0.651. The third-order valence-electron chi connectivity index (χ3n) is 3.64. The van der Waals surface area contributed by atoms with Gasteiger partial charge in [-0.1, -0.05) is 12.1 Å². The highest BCUT2D eigenvalue weighted by molar-refractivity contribution is 4.91. The van der Waals surface area contributed by atoms with Crippen molar-refractivity contribution in [2.75, 3.05) is 33.4 Å². The van der Waals surface area contributed by atoms with Gasteiger partial charge in [0.2, 0.25) is 0 Å². The lowest BCUT2D eigenvalue weighted by Gasteiger charge is -2.30. The molecule has 0 saturated carbocycles. The van der Waals surface area contributed by atoms with Crippen LogP contribution in [-0.4, -0.2) is 59.3 Å². The Kier molecular flexibility index (Phi) is 5.75. The largest absolute Gasteiger partial charge is 0.381 e. The van der Waals surface area contributed by atoms with Crippen LogP contribution in [0.3, 0.4) is 0 Å². The zero-order chi connectivity index (χ0) is 13.5. The van der Waals surface area contributed by atoms with Crippen LogP contribution in [0.1, 0.15) is 25.5 Å². The molecule has 0 aromatic carbocycles. The van der Waals surface area contributed by atoms with Crippen LogP contribution in [0.25, 0.3) is 0 Å². The van der Waals surface area contributed by atoms with Gasteiger partial charge in [0.15, 0.2) is 0 Å². The van der Waals surface area contributed by atoms with Gasteiger partial charge in [-0.05, 0) is 26.4 Å². The molecule has 0 radical (unpaired) electrons. The van der Waals surface area contributed by atoms with E-state index in [0.29, 0.717) is 6.04 Å². The molecule has 1 aromatic rings. The summed E-state index contributed by atoms with van der Waals surface area (Å²) in [5.41, 5.74) is 1.01. The molecule has 1 aliphatic heterocycles. The second-order valence-electron chi connectivity index (χ2n) is 5.08. The van der Waals surface area contributed by atoms with E-state index >= 15 is 0 Å². The second-order valence-corrected chi connectivity index (χ2v) is 5.08. The van der Waals surface area contributed by atoms with Gasteiger partial charge in [0.1, 0.15) is 0 Å². The van der Waals surface area contributed by atoms with Crippen molar-refractivity contribution in [3.63, 3.8) is 0 Å². The van der Waals surface area contributed by atoms with Gasteiger partial charge in [0.05, 0.1) is 12.2 Å².